The van der Waals surface area contributed by atoms with Crippen LogP contribution in [-0.2, 0) is 10.5 Å². The zero-order valence-corrected chi connectivity index (χ0v) is 16.4. The number of amides is 2. The molecule has 1 aliphatic carbocycles. The largest absolute Gasteiger partial charge is 0.353 e. The molecule has 1 aromatic heterocycles. The van der Waals surface area contributed by atoms with E-state index in [1.807, 2.05) is 0 Å². The third-order valence-electron chi connectivity index (χ3n) is 3.92. The van der Waals surface area contributed by atoms with E-state index in [1.165, 1.54) is 35.9 Å². The van der Waals surface area contributed by atoms with E-state index in [9.17, 15) is 9.59 Å². The first-order chi connectivity index (χ1) is 12.6. The Balaban J connectivity index is 1.43. The SMILES string of the molecule is O=C(CSCc1nnc(C(=O)Nc2cccc(Cl)c2)s1)NC1CCCC1. The standard InChI is InChI=1S/C17H19ClN4O2S2/c18-11-4-3-7-13(8-11)20-16(24)17-22-21-15(26-17)10-25-9-14(23)19-12-5-1-2-6-12/h3-4,7-8,12H,1-2,5-6,9-10H2,(H,19,23)(H,20,24). The number of halogens is 1. The second-order valence-electron chi connectivity index (χ2n) is 6.01. The maximum atomic E-state index is 12.2. The van der Waals surface area contributed by atoms with E-state index in [0.717, 1.165) is 17.8 Å². The summed E-state index contributed by atoms with van der Waals surface area (Å²) in [5.41, 5.74) is 0.609. The van der Waals surface area contributed by atoms with Crippen LogP contribution in [0.2, 0.25) is 5.02 Å². The number of carbonyl (C=O) groups excluding carboxylic acids is 2. The van der Waals surface area contributed by atoms with Crippen molar-refractivity contribution in [1.29, 1.82) is 0 Å². The van der Waals surface area contributed by atoms with Crippen LogP contribution in [0, 0.1) is 0 Å². The molecule has 0 aliphatic heterocycles. The molecule has 2 N–H and O–H groups in total. The van der Waals surface area contributed by atoms with Gasteiger partial charge in [-0.25, -0.2) is 0 Å². The maximum absolute atomic E-state index is 12.2. The van der Waals surface area contributed by atoms with Crippen LogP contribution >= 0.6 is 34.7 Å². The third kappa shape index (κ3) is 5.69. The van der Waals surface area contributed by atoms with Crippen molar-refractivity contribution < 1.29 is 9.59 Å². The van der Waals surface area contributed by atoms with Gasteiger partial charge in [0.05, 0.1) is 5.75 Å². The highest BCUT2D eigenvalue weighted by Crippen LogP contribution is 2.20. The Labute approximate surface area is 165 Å². The van der Waals surface area contributed by atoms with Gasteiger partial charge >= 0.3 is 0 Å². The van der Waals surface area contributed by atoms with Crippen LogP contribution < -0.4 is 10.6 Å². The zero-order valence-electron chi connectivity index (χ0n) is 14.0. The minimum absolute atomic E-state index is 0.0605. The fourth-order valence-corrected chi connectivity index (χ4v) is 4.53. The Bertz CT molecular complexity index is 778. The number of hydrogen-bond donors (Lipinski definition) is 2. The molecule has 138 valence electrons. The number of anilines is 1. The number of hydrogen-bond acceptors (Lipinski definition) is 6. The highest BCUT2D eigenvalue weighted by Gasteiger charge is 2.17. The van der Waals surface area contributed by atoms with E-state index in [-0.39, 0.29) is 16.8 Å². The van der Waals surface area contributed by atoms with E-state index >= 15 is 0 Å². The number of thioether (sulfide) groups is 1. The normalized spacial score (nSPS) is 14.3. The first-order valence-electron chi connectivity index (χ1n) is 8.36. The fourth-order valence-electron chi connectivity index (χ4n) is 2.73. The zero-order chi connectivity index (χ0) is 18.4. The average molecular weight is 411 g/mol. The average Bonchev–Trinajstić information content (AvgIpc) is 3.27. The van der Waals surface area contributed by atoms with Crippen LogP contribution in [0.15, 0.2) is 24.3 Å². The van der Waals surface area contributed by atoms with Gasteiger partial charge < -0.3 is 10.6 Å². The van der Waals surface area contributed by atoms with Crippen molar-refractivity contribution in [2.45, 2.75) is 37.5 Å². The van der Waals surface area contributed by atoms with Gasteiger partial charge in [0, 0.05) is 22.5 Å². The molecule has 0 atom stereocenters. The number of aromatic nitrogens is 2. The van der Waals surface area contributed by atoms with Gasteiger partial charge in [0.1, 0.15) is 5.01 Å². The quantitative estimate of drug-likeness (QED) is 0.726. The fraction of sp³-hybridized carbons (Fsp3) is 0.412. The molecule has 0 bridgehead atoms. The molecule has 0 unspecified atom stereocenters. The first kappa shape index (κ1) is 19.1. The lowest BCUT2D eigenvalue weighted by Gasteiger charge is -2.10. The van der Waals surface area contributed by atoms with Crippen LogP contribution in [0.25, 0.3) is 0 Å². The van der Waals surface area contributed by atoms with Gasteiger partial charge in [0.25, 0.3) is 5.91 Å². The summed E-state index contributed by atoms with van der Waals surface area (Å²) < 4.78 is 0. The summed E-state index contributed by atoms with van der Waals surface area (Å²) in [6, 6.07) is 7.26. The Hall–Kier alpha value is -1.64. The van der Waals surface area contributed by atoms with Gasteiger partial charge in [-0.05, 0) is 31.0 Å². The molecule has 0 saturated heterocycles. The number of rotatable bonds is 7. The van der Waals surface area contributed by atoms with Crippen molar-refractivity contribution in [3.63, 3.8) is 0 Å². The predicted octanol–water partition coefficient (Wildman–Crippen LogP) is 3.74. The molecular weight excluding hydrogens is 392 g/mol. The van der Waals surface area contributed by atoms with Crippen LogP contribution in [0.4, 0.5) is 5.69 Å². The molecule has 1 aliphatic rings. The molecule has 0 radical (unpaired) electrons. The summed E-state index contributed by atoms with van der Waals surface area (Å²) in [4.78, 5) is 24.1. The Morgan fingerprint density at radius 1 is 1.27 bits per heavy atom. The van der Waals surface area contributed by atoms with Crippen molar-refractivity contribution in [3.05, 3.63) is 39.3 Å². The van der Waals surface area contributed by atoms with Gasteiger partial charge in [0.2, 0.25) is 10.9 Å². The molecule has 9 heteroatoms. The van der Waals surface area contributed by atoms with Crippen molar-refractivity contribution in [1.82, 2.24) is 15.5 Å². The molecule has 1 aromatic carbocycles. The highest BCUT2D eigenvalue weighted by molar-refractivity contribution is 7.99. The Morgan fingerprint density at radius 2 is 2.08 bits per heavy atom. The summed E-state index contributed by atoms with van der Waals surface area (Å²) >= 11 is 8.61. The molecule has 2 amide bonds. The van der Waals surface area contributed by atoms with Gasteiger partial charge in [-0.1, -0.05) is 41.8 Å². The second kappa shape index (κ2) is 9.34. The third-order valence-corrected chi connectivity index (χ3v) is 6.21. The highest BCUT2D eigenvalue weighted by atomic mass is 35.5. The lowest BCUT2D eigenvalue weighted by atomic mass is 10.2. The summed E-state index contributed by atoms with van der Waals surface area (Å²) in [7, 11) is 0. The van der Waals surface area contributed by atoms with Crippen molar-refractivity contribution >= 4 is 52.2 Å². The molecule has 2 aromatic rings. The molecule has 1 fully saturated rings. The van der Waals surface area contributed by atoms with Crippen molar-refractivity contribution in [3.8, 4) is 0 Å². The number of carbonyl (C=O) groups is 2. The minimum Gasteiger partial charge on any atom is -0.353 e. The van der Waals surface area contributed by atoms with Crippen molar-refractivity contribution in [2.75, 3.05) is 11.1 Å². The summed E-state index contributed by atoms with van der Waals surface area (Å²) in [5.74, 6) is 0.686. The second-order valence-corrected chi connectivity index (χ2v) is 8.49. The van der Waals surface area contributed by atoms with E-state index in [4.69, 9.17) is 11.6 Å². The minimum atomic E-state index is -0.319. The number of benzene rings is 1. The van der Waals surface area contributed by atoms with Gasteiger partial charge in [-0.2, -0.15) is 0 Å². The molecule has 26 heavy (non-hydrogen) atoms. The van der Waals surface area contributed by atoms with E-state index in [2.05, 4.69) is 20.8 Å². The van der Waals surface area contributed by atoms with Crippen LogP contribution in [-0.4, -0.2) is 33.8 Å². The van der Waals surface area contributed by atoms with Crippen molar-refractivity contribution in [2.24, 2.45) is 0 Å². The summed E-state index contributed by atoms with van der Waals surface area (Å²) in [5, 5.41) is 15.3. The molecule has 6 nitrogen and oxygen atoms in total. The topological polar surface area (TPSA) is 84.0 Å². The van der Waals surface area contributed by atoms with E-state index in [0.29, 0.717) is 28.3 Å². The molecular formula is C17H19ClN4O2S2. The molecule has 0 spiro atoms. The first-order valence-corrected chi connectivity index (χ1v) is 10.7. The molecule has 3 rings (SSSR count). The monoisotopic (exact) mass is 410 g/mol. The Kier molecular flexibility index (Phi) is 6.87. The lowest BCUT2D eigenvalue weighted by molar-refractivity contribution is -0.119. The van der Waals surface area contributed by atoms with E-state index < -0.39 is 0 Å². The maximum Gasteiger partial charge on any atom is 0.286 e. The van der Waals surface area contributed by atoms with Gasteiger partial charge in [-0.3, -0.25) is 9.59 Å². The number of nitrogens with one attached hydrogen (secondary N) is 2. The summed E-state index contributed by atoms with van der Waals surface area (Å²) in [6.45, 7) is 0. The predicted molar refractivity (Wildman–Crippen MR) is 106 cm³/mol. The molecule has 1 heterocycles. The smallest absolute Gasteiger partial charge is 0.286 e. The molecule has 1 saturated carbocycles. The lowest BCUT2D eigenvalue weighted by Crippen LogP contribution is -2.33. The van der Waals surface area contributed by atoms with Gasteiger partial charge in [0.15, 0.2) is 0 Å². The Morgan fingerprint density at radius 3 is 2.85 bits per heavy atom. The van der Waals surface area contributed by atoms with Crippen LogP contribution in [0.3, 0.4) is 0 Å². The summed E-state index contributed by atoms with van der Waals surface area (Å²) in [6.07, 6.45) is 4.56. The van der Waals surface area contributed by atoms with Crippen LogP contribution in [0.5, 0.6) is 0 Å². The van der Waals surface area contributed by atoms with Gasteiger partial charge in [-0.15, -0.1) is 22.0 Å². The number of nitrogens with zero attached hydrogens (tertiary/aromatic N) is 2. The van der Waals surface area contributed by atoms with Crippen LogP contribution in [0.1, 0.15) is 40.5 Å². The van der Waals surface area contributed by atoms with E-state index in [1.54, 1.807) is 24.3 Å².